The van der Waals surface area contributed by atoms with Gasteiger partial charge in [0.05, 0.1) is 12.0 Å². The molecule has 2 heterocycles. The van der Waals surface area contributed by atoms with Crippen LogP contribution in [0.1, 0.15) is 12.8 Å². The van der Waals surface area contributed by atoms with E-state index < -0.39 is 0 Å². The zero-order valence-electron chi connectivity index (χ0n) is 4.14. The quantitative estimate of drug-likeness (QED) is 0.378. The van der Waals surface area contributed by atoms with Crippen LogP contribution in [-0.2, 0) is 8.98 Å². The first-order chi connectivity index (χ1) is 3.81. The molecule has 1 unspecified atom stereocenters. The minimum atomic E-state index is -0.267. The molecule has 0 aliphatic carbocycles. The normalized spacial score (nSPS) is 42.8. The number of hydrogen-bond donors (Lipinski definition) is 1. The minimum Gasteiger partial charge on any atom is -0.317 e. The highest BCUT2D eigenvalue weighted by Gasteiger charge is 2.52. The average Bonchev–Trinajstić information content (AvgIpc) is 2.34. The molecule has 2 rings (SSSR count). The van der Waals surface area contributed by atoms with Crippen LogP contribution in [0.2, 0.25) is 0 Å². The maximum absolute atomic E-state index is 10.5. The number of carbonyl (C=O) groups excluding carboxylic acids is 1. The van der Waals surface area contributed by atoms with Gasteiger partial charge < -0.3 is 5.32 Å². The number of hydrogen-bond acceptors (Lipinski definition) is 3. The molecule has 3 nitrogen and oxygen atoms in total. The van der Waals surface area contributed by atoms with Crippen molar-refractivity contribution < 1.29 is 8.98 Å². The first kappa shape index (κ1) is 4.64. The molecular weight excluding hydrogens is 126 g/mol. The van der Waals surface area contributed by atoms with E-state index in [0.717, 1.165) is 6.42 Å². The largest absolute Gasteiger partial charge is 0.317 e. The smallest absolute Gasteiger partial charge is 0.228 e. The van der Waals surface area contributed by atoms with E-state index in [1.54, 1.807) is 0 Å². The molecule has 0 radical (unpaired) electrons. The van der Waals surface area contributed by atoms with Crippen molar-refractivity contribution >= 4 is 17.9 Å². The van der Waals surface area contributed by atoms with Crippen LogP contribution in [0, 0.1) is 0 Å². The summed E-state index contributed by atoms with van der Waals surface area (Å²) in [5.74, 6) is 0.106. The molecule has 2 aliphatic heterocycles. The van der Waals surface area contributed by atoms with Gasteiger partial charge in [0.1, 0.15) is 0 Å². The third-order valence-electron chi connectivity index (χ3n) is 1.30. The molecule has 1 spiro atoms. The van der Waals surface area contributed by atoms with Crippen LogP contribution in [-0.4, -0.2) is 11.0 Å². The fraction of sp³-hybridized carbons (Fsp3) is 0.750. The molecular formula is C4H5NO2S. The maximum atomic E-state index is 10.5. The number of rotatable bonds is 0. The summed E-state index contributed by atoms with van der Waals surface area (Å²) in [6.45, 7) is 0. The van der Waals surface area contributed by atoms with E-state index in [0.29, 0.717) is 6.42 Å². The van der Waals surface area contributed by atoms with E-state index in [4.69, 9.17) is 4.18 Å². The Morgan fingerprint density at radius 3 is 2.88 bits per heavy atom. The second-order valence-corrected chi connectivity index (χ2v) is 2.96. The molecule has 2 saturated heterocycles. The first-order valence-electron chi connectivity index (χ1n) is 2.49. The summed E-state index contributed by atoms with van der Waals surface area (Å²) in [6.07, 6.45) is 1.45. The fourth-order valence-corrected chi connectivity index (χ4v) is 1.36. The van der Waals surface area contributed by atoms with Crippen molar-refractivity contribution in [1.29, 1.82) is 0 Å². The molecule has 1 N–H and O–H groups in total. The summed E-state index contributed by atoms with van der Waals surface area (Å²) in [7, 11) is 0. The Morgan fingerprint density at radius 2 is 2.62 bits per heavy atom. The van der Waals surface area contributed by atoms with Gasteiger partial charge in [-0.05, 0) is 0 Å². The number of nitrogens with one attached hydrogen (secondary N) is 1. The van der Waals surface area contributed by atoms with Crippen molar-refractivity contribution in [2.75, 3.05) is 0 Å². The molecule has 0 aromatic carbocycles. The molecule has 44 valence electrons. The Kier molecular flexibility index (Phi) is 0.692. The molecule has 0 aromatic heterocycles. The lowest BCUT2D eigenvalue weighted by Gasteiger charge is -1.93. The van der Waals surface area contributed by atoms with Crippen molar-refractivity contribution in [3.8, 4) is 0 Å². The van der Waals surface area contributed by atoms with Gasteiger partial charge in [-0.3, -0.25) is 8.98 Å². The van der Waals surface area contributed by atoms with Crippen molar-refractivity contribution in [2.24, 2.45) is 0 Å². The molecule has 0 bridgehead atoms. The minimum absolute atomic E-state index is 0.106. The van der Waals surface area contributed by atoms with E-state index in [-0.39, 0.29) is 11.0 Å². The Hall–Kier alpha value is -0.220. The van der Waals surface area contributed by atoms with Gasteiger partial charge >= 0.3 is 0 Å². The zero-order valence-corrected chi connectivity index (χ0v) is 4.96. The summed E-state index contributed by atoms with van der Waals surface area (Å²) in [5.41, 5.74) is 0. The van der Waals surface area contributed by atoms with Crippen LogP contribution in [0.4, 0.5) is 0 Å². The Bertz CT molecular complexity index is 143. The van der Waals surface area contributed by atoms with E-state index in [1.165, 1.54) is 12.0 Å². The van der Waals surface area contributed by atoms with Crippen molar-refractivity contribution in [1.82, 2.24) is 5.32 Å². The zero-order chi connectivity index (χ0) is 5.61. The average molecular weight is 131 g/mol. The topological polar surface area (TPSA) is 41.6 Å². The highest BCUT2D eigenvalue weighted by Crippen LogP contribution is 2.50. The van der Waals surface area contributed by atoms with E-state index in [2.05, 4.69) is 5.32 Å². The highest BCUT2D eigenvalue weighted by molar-refractivity contribution is 8.01. The lowest BCUT2D eigenvalue weighted by molar-refractivity contribution is -0.119. The SMILES string of the molecule is O=C1CCC2(N1)OS2. The third-order valence-corrected chi connectivity index (χ3v) is 2.17. The predicted octanol–water partition coefficient (Wildman–Crippen LogP) is 0.229. The van der Waals surface area contributed by atoms with Gasteiger partial charge in [-0.25, -0.2) is 0 Å². The van der Waals surface area contributed by atoms with Gasteiger partial charge in [0, 0.05) is 12.8 Å². The first-order valence-corrected chi connectivity index (χ1v) is 3.23. The second-order valence-electron chi connectivity index (χ2n) is 1.97. The molecule has 8 heavy (non-hydrogen) atoms. The number of amides is 1. The summed E-state index contributed by atoms with van der Waals surface area (Å²) >= 11 is 1.35. The standard InChI is InChI=1S/C4H5NO2S/c6-3-1-2-4(5-3)7-8-4/h1-2H2,(H,5,6). The van der Waals surface area contributed by atoms with Gasteiger partial charge in [0.25, 0.3) is 0 Å². The fourth-order valence-electron chi connectivity index (χ4n) is 0.791. The second kappa shape index (κ2) is 1.19. The lowest BCUT2D eigenvalue weighted by Crippen LogP contribution is -2.26. The molecule has 1 amide bonds. The highest BCUT2D eigenvalue weighted by atomic mass is 32.2. The summed E-state index contributed by atoms with van der Waals surface area (Å²) < 4.78 is 4.91. The van der Waals surface area contributed by atoms with Crippen molar-refractivity contribution in [2.45, 2.75) is 17.9 Å². The predicted molar refractivity (Wildman–Crippen MR) is 28.8 cm³/mol. The van der Waals surface area contributed by atoms with Gasteiger partial charge in [-0.2, -0.15) is 0 Å². The number of carbonyl (C=O) groups is 1. The van der Waals surface area contributed by atoms with Gasteiger partial charge in [0.2, 0.25) is 11.0 Å². The van der Waals surface area contributed by atoms with E-state index in [1.807, 2.05) is 0 Å². The molecule has 2 aliphatic rings. The van der Waals surface area contributed by atoms with Crippen molar-refractivity contribution in [3.63, 3.8) is 0 Å². The van der Waals surface area contributed by atoms with Gasteiger partial charge in [-0.1, -0.05) is 0 Å². The van der Waals surface area contributed by atoms with E-state index in [9.17, 15) is 4.79 Å². The summed E-state index contributed by atoms with van der Waals surface area (Å²) in [4.78, 5) is 10.5. The van der Waals surface area contributed by atoms with Crippen LogP contribution in [0.5, 0.6) is 0 Å². The van der Waals surface area contributed by atoms with Gasteiger partial charge in [0.15, 0.2) is 0 Å². The summed E-state index contributed by atoms with van der Waals surface area (Å²) in [5, 5.41) is 2.44. The van der Waals surface area contributed by atoms with Crippen LogP contribution >= 0.6 is 12.0 Å². The molecule has 1 atom stereocenters. The maximum Gasteiger partial charge on any atom is 0.228 e. The van der Waals surface area contributed by atoms with Crippen LogP contribution in [0.25, 0.3) is 0 Å². The third kappa shape index (κ3) is 0.530. The Balaban J connectivity index is 2.13. The van der Waals surface area contributed by atoms with Crippen molar-refractivity contribution in [3.05, 3.63) is 0 Å². The summed E-state index contributed by atoms with van der Waals surface area (Å²) in [6, 6.07) is 0. The molecule has 4 heteroatoms. The van der Waals surface area contributed by atoms with Crippen LogP contribution < -0.4 is 5.32 Å². The monoisotopic (exact) mass is 131 g/mol. The Morgan fingerprint density at radius 1 is 1.88 bits per heavy atom. The lowest BCUT2D eigenvalue weighted by atomic mass is 10.3. The molecule has 0 saturated carbocycles. The van der Waals surface area contributed by atoms with Crippen LogP contribution in [0.3, 0.4) is 0 Å². The Labute approximate surface area is 51.0 Å². The van der Waals surface area contributed by atoms with Crippen LogP contribution in [0.15, 0.2) is 0 Å². The van der Waals surface area contributed by atoms with E-state index >= 15 is 0 Å². The van der Waals surface area contributed by atoms with Gasteiger partial charge in [-0.15, -0.1) is 0 Å². The molecule has 2 fully saturated rings. The molecule has 0 aromatic rings.